The quantitative estimate of drug-likeness (QED) is 0.703. The van der Waals surface area contributed by atoms with E-state index in [1.807, 2.05) is 0 Å². The molecule has 98 valence electrons. The fourth-order valence-corrected chi connectivity index (χ4v) is 2.36. The van der Waals surface area contributed by atoms with Gasteiger partial charge in [0.15, 0.2) is 0 Å². The molecule has 0 aromatic heterocycles. The number of nitrogens with one attached hydrogen (secondary N) is 1. The van der Waals surface area contributed by atoms with E-state index in [0.717, 1.165) is 25.9 Å². The lowest BCUT2D eigenvalue weighted by atomic mass is 9.79. The van der Waals surface area contributed by atoms with E-state index in [1.54, 1.807) is 0 Å². The monoisotopic (exact) mass is 249 g/mol. The second-order valence-corrected chi connectivity index (χ2v) is 7.95. The first-order valence-electron chi connectivity index (χ1n) is 6.05. The van der Waals surface area contributed by atoms with Crippen LogP contribution in [0.5, 0.6) is 0 Å². The van der Waals surface area contributed by atoms with E-state index in [9.17, 15) is 8.42 Å². The molecule has 0 spiro atoms. The molecule has 0 amide bonds. The lowest BCUT2D eigenvalue weighted by Crippen LogP contribution is -2.33. The van der Waals surface area contributed by atoms with Crippen LogP contribution in [0.15, 0.2) is 0 Å². The standard InChI is InChI=1S/C12H27NO2S/c1-6-8-13-10-11(12(2,3)4)7-9-16(5,14)15/h11,13H,6-10H2,1-5H3. The van der Waals surface area contributed by atoms with Crippen LogP contribution in [0.1, 0.15) is 40.5 Å². The molecule has 0 aromatic rings. The van der Waals surface area contributed by atoms with Crippen LogP contribution in [-0.2, 0) is 9.84 Å². The number of hydrogen-bond donors (Lipinski definition) is 1. The number of sulfone groups is 1. The van der Waals surface area contributed by atoms with Crippen LogP contribution in [0.2, 0.25) is 0 Å². The van der Waals surface area contributed by atoms with Crippen molar-refractivity contribution in [2.75, 3.05) is 25.1 Å². The summed E-state index contributed by atoms with van der Waals surface area (Å²) in [6.45, 7) is 10.6. The molecule has 0 saturated heterocycles. The minimum atomic E-state index is -2.84. The average molecular weight is 249 g/mol. The summed E-state index contributed by atoms with van der Waals surface area (Å²) in [5.74, 6) is 0.705. The van der Waals surface area contributed by atoms with Crippen molar-refractivity contribution < 1.29 is 8.42 Å². The lowest BCUT2D eigenvalue weighted by Gasteiger charge is -2.31. The van der Waals surface area contributed by atoms with Crippen molar-refractivity contribution in [3.05, 3.63) is 0 Å². The van der Waals surface area contributed by atoms with Gasteiger partial charge in [0.1, 0.15) is 9.84 Å². The molecular weight excluding hydrogens is 222 g/mol. The van der Waals surface area contributed by atoms with E-state index < -0.39 is 9.84 Å². The van der Waals surface area contributed by atoms with Gasteiger partial charge in [-0.3, -0.25) is 0 Å². The molecule has 16 heavy (non-hydrogen) atoms. The maximum Gasteiger partial charge on any atom is 0.147 e. The van der Waals surface area contributed by atoms with Gasteiger partial charge in [0.05, 0.1) is 5.75 Å². The van der Waals surface area contributed by atoms with Gasteiger partial charge in [0.25, 0.3) is 0 Å². The van der Waals surface area contributed by atoms with Gasteiger partial charge >= 0.3 is 0 Å². The van der Waals surface area contributed by atoms with E-state index in [0.29, 0.717) is 11.7 Å². The van der Waals surface area contributed by atoms with E-state index >= 15 is 0 Å². The minimum absolute atomic E-state index is 0.158. The van der Waals surface area contributed by atoms with Crippen LogP contribution in [0.25, 0.3) is 0 Å². The SMILES string of the molecule is CCCNCC(CCS(C)(=O)=O)C(C)(C)C. The van der Waals surface area contributed by atoms with Crippen LogP contribution < -0.4 is 5.32 Å². The summed E-state index contributed by atoms with van der Waals surface area (Å²) in [5.41, 5.74) is 0.158. The van der Waals surface area contributed by atoms with Crippen molar-refractivity contribution in [1.29, 1.82) is 0 Å². The molecule has 1 atom stereocenters. The first-order valence-corrected chi connectivity index (χ1v) is 8.11. The molecule has 0 bridgehead atoms. The summed E-state index contributed by atoms with van der Waals surface area (Å²) < 4.78 is 22.3. The predicted molar refractivity (Wildman–Crippen MR) is 70.4 cm³/mol. The van der Waals surface area contributed by atoms with Crippen LogP contribution in [-0.4, -0.2) is 33.5 Å². The maximum atomic E-state index is 11.2. The molecule has 0 saturated carbocycles. The van der Waals surface area contributed by atoms with Crippen LogP contribution in [0, 0.1) is 11.3 Å². The van der Waals surface area contributed by atoms with Gasteiger partial charge in [-0.25, -0.2) is 8.42 Å². The third-order valence-electron chi connectivity index (χ3n) is 2.88. The summed E-state index contributed by atoms with van der Waals surface area (Å²) in [4.78, 5) is 0. The molecule has 0 radical (unpaired) electrons. The normalized spacial score (nSPS) is 15.1. The Morgan fingerprint density at radius 2 is 1.81 bits per heavy atom. The smallest absolute Gasteiger partial charge is 0.147 e. The summed E-state index contributed by atoms with van der Waals surface area (Å²) in [5, 5.41) is 3.38. The first kappa shape index (κ1) is 15.9. The zero-order valence-corrected chi connectivity index (χ0v) is 12.2. The molecule has 0 rings (SSSR count). The Morgan fingerprint density at radius 3 is 2.19 bits per heavy atom. The van der Waals surface area contributed by atoms with Crippen molar-refractivity contribution in [2.45, 2.75) is 40.5 Å². The molecular formula is C12H27NO2S. The Labute approximate surface area is 101 Å². The van der Waals surface area contributed by atoms with E-state index in [4.69, 9.17) is 0 Å². The predicted octanol–water partition coefficient (Wildman–Crippen LogP) is 2.08. The van der Waals surface area contributed by atoms with Crippen molar-refractivity contribution in [3.8, 4) is 0 Å². The Kier molecular flexibility index (Phi) is 6.56. The Hall–Kier alpha value is -0.0900. The third kappa shape index (κ3) is 8.11. The topological polar surface area (TPSA) is 46.2 Å². The Morgan fingerprint density at radius 1 is 1.25 bits per heavy atom. The number of hydrogen-bond acceptors (Lipinski definition) is 3. The van der Waals surface area contributed by atoms with E-state index in [-0.39, 0.29) is 5.41 Å². The Balaban J connectivity index is 4.23. The molecule has 1 unspecified atom stereocenters. The largest absolute Gasteiger partial charge is 0.316 e. The van der Waals surface area contributed by atoms with Crippen LogP contribution >= 0.6 is 0 Å². The van der Waals surface area contributed by atoms with Crippen LogP contribution in [0.3, 0.4) is 0 Å². The highest BCUT2D eigenvalue weighted by Crippen LogP contribution is 2.28. The molecule has 0 aliphatic heterocycles. The molecule has 0 aliphatic carbocycles. The minimum Gasteiger partial charge on any atom is -0.316 e. The van der Waals surface area contributed by atoms with Crippen molar-refractivity contribution >= 4 is 9.84 Å². The Bertz CT molecular complexity index is 278. The van der Waals surface area contributed by atoms with Gasteiger partial charge in [0, 0.05) is 6.26 Å². The lowest BCUT2D eigenvalue weighted by molar-refractivity contribution is 0.226. The highest BCUT2D eigenvalue weighted by molar-refractivity contribution is 7.90. The van der Waals surface area contributed by atoms with Crippen molar-refractivity contribution in [2.24, 2.45) is 11.3 Å². The van der Waals surface area contributed by atoms with Gasteiger partial charge in [0.2, 0.25) is 0 Å². The molecule has 0 aromatic carbocycles. The highest BCUT2D eigenvalue weighted by atomic mass is 32.2. The summed E-state index contributed by atoms with van der Waals surface area (Å²) in [7, 11) is -2.84. The first-order chi connectivity index (χ1) is 7.17. The van der Waals surface area contributed by atoms with Gasteiger partial charge in [-0.15, -0.1) is 0 Å². The van der Waals surface area contributed by atoms with Gasteiger partial charge in [-0.05, 0) is 37.3 Å². The second-order valence-electron chi connectivity index (χ2n) is 5.69. The molecule has 4 heteroatoms. The van der Waals surface area contributed by atoms with Gasteiger partial charge in [-0.2, -0.15) is 0 Å². The van der Waals surface area contributed by atoms with Crippen molar-refractivity contribution in [1.82, 2.24) is 5.32 Å². The zero-order chi connectivity index (χ0) is 12.8. The molecule has 0 heterocycles. The summed E-state index contributed by atoms with van der Waals surface area (Å²) in [6.07, 6.45) is 3.17. The van der Waals surface area contributed by atoms with Crippen LogP contribution in [0.4, 0.5) is 0 Å². The molecule has 0 aliphatic rings. The maximum absolute atomic E-state index is 11.2. The highest BCUT2D eigenvalue weighted by Gasteiger charge is 2.24. The van der Waals surface area contributed by atoms with Gasteiger partial charge in [-0.1, -0.05) is 27.7 Å². The molecule has 1 N–H and O–H groups in total. The summed E-state index contributed by atoms with van der Waals surface area (Å²) in [6, 6.07) is 0. The number of rotatable bonds is 7. The van der Waals surface area contributed by atoms with Crippen molar-refractivity contribution in [3.63, 3.8) is 0 Å². The fourth-order valence-electron chi connectivity index (χ4n) is 1.65. The third-order valence-corrected chi connectivity index (χ3v) is 3.86. The zero-order valence-electron chi connectivity index (χ0n) is 11.3. The molecule has 3 nitrogen and oxygen atoms in total. The fraction of sp³-hybridized carbons (Fsp3) is 1.00. The van der Waals surface area contributed by atoms with E-state index in [2.05, 4.69) is 33.0 Å². The summed E-state index contributed by atoms with van der Waals surface area (Å²) >= 11 is 0. The average Bonchev–Trinajstić information content (AvgIpc) is 2.07. The molecule has 0 fully saturated rings. The van der Waals surface area contributed by atoms with E-state index in [1.165, 1.54) is 6.26 Å². The second kappa shape index (κ2) is 6.60. The van der Waals surface area contributed by atoms with Gasteiger partial charge < -0.3 is 5.32 Å².